The highest BCUT2D eigenvalue weighted by Crippen LogP contribution is 2.12. The van der Waals surface area contributed by atoms with Crippen LogP contribution in [-0.2, 0) is 11.2 Å². The maximum atomic E-state index is 5.03. The molecule has 0 radical (unpaired) electrons. The van der Waals surface area contributed by atoms with Crippen LogP contribution in [-0.4, -0.2) is 22.7 Å². The molecule has 1 aliphatic rings. The molecule has 0 aliphatic carbocycles. The van der Waals surface area contributed by atoms with Gasteiger partial charge >= 0.3 is 0 Å². The Morgan fingerprint density at radius 3 is 2.80 bits per heavy atom. The molecule has 1 fully saturated rings. The van der Waals surface area contributed by atoms with Crippen LogP contribution in [0.15, 0.2) is 18.5 Å². The molecular formula is C7H8N2O. The average molecular weight is 136 g/mol. The molecule has 3 heteroatoms. The van der Waals surface area contributed by atoms with Crippen LogP contribution in [0.4, 0.5) is 0 Å². The van der Waals surface area contributed by atoms with E-state index in [-0.39, 0.29) is 0 Å². The Balaban J connectivity index is 2.03. The molecule has 1 atom stereocenters. The quantitative estimate of drug-likeness (QED) is 0.553. The van der Waals surface area contributed by atoms with E-state index in [1.54, 1.807) is 12.4 Å². The van der Waals surface area contributed by atoms with Gasteiger partial charge in [-0.1, -0.05) is 0 Å². The van der Waals surface area contributed by atoms with Crippen molar-refractivity contribution in [3.8, 4) is 0 Å². The molecule has 10 heavy (non-hydrogen) atoms. The smallest absolute Gasteiger partial charge is 0.130 e. The molecule has 3 nitrogen and oxygen atoms in total. The molecule has 0 amide bonds. The summed E-state index contributed by atoms with van der Waals surface area (Å²) in [6.07, 6.45) is 4.76. The highest BCUT2D eigenvalue weighted by molar-refractivity contribution is 4.92. The van der Waals surface area contributed by atoms with Gasteiger partial charge in [-0.15, -0.1) is 0 Å². The van der Waals surface area contributed by atoms with Crippen LogP contribution in [0.25, 0.3) is 0 Å². The zero-order valence-electron chi connectivity index (χ0n) is 5.53. The average Bonchev–Trinajstić information content (AvgIpc) is 2.74. The third-order valence-electron chi connectivity index (χ3n) is 1.43. The number of nitrogens with zero attached hydrogens (tertiary/aromatic N) is 2. The summed E-state index contributed by atoms with van der Waals surface area (Å²) in [5.74, 6) is 0.880. The normalized spacial score (nSPS) is 22.6. The van der Waals surface area contributed by atoms with Crippen molar-refractivity contribution in [2.45, 2.75) is 12.5 Å². The molecule has 1 unspecified atom stereocenters. The van der Waals surface area contributed by atoms with E-state index in [1.165, 1.54) is 0 Å². The van der Waals surface area contributed by atoms with Crippen LogP contribution in [0.3, 0.4) is 0 Å². The summed E-state index contributed by atoms with van der Waals surface area (Å²) in [7, 11) is 0. The number of epoxide rings is 1. The zero-order valence-corrected chi connectivity index (χ0v) is 5.53. The van der Waals surface area contributed by atoms with Crippen molar-refractivity contribution in [1.29, 1.82) is 0 Å². The Bertz CT molecular complexity index is 208. The van der Waals surface area contributed by atoms with Crippen LogP contribution in [0.2, 0.25) is 0 Å². The van der Waals surface area contributed by atoms with Crippen molar-refractivity contribution < 1.29 is 4.74 Å². The minimum absolute atomic E-state index is 0.391. The number of ether oxygens (including phenoxy) is 1. The summed E-state index contributed by atoms with van der Waals surface area (Å²) in [5, 5.41) is 0. The van der Waals surface area contributed by atoms with E-state index in [0.717, 1.165) is 18.9 Å². The lowest BCUT2D eigenvalue weighted by molar-refractivity contribution is 0.404. The second kappa shape index (κ2) is 2.34. The van der Waals surface area contributed by atoms with Gasteiger partial charge in [-0.05, 0) is 6.07 Å². The lowest BCUT2D eigenvalue weighted by Gasteiger charge is -1.91. The molecule has 1 aliphatic heterocycles. The third kappa shape index (κ3) is 1.30. The van der Waals surface area contributed by atoms with Gasteiger partial charge in [0.15, 0.2) is 0 Å². The maximum Gasteiger partial charge on any atom is 0.130 e. The summed E-state index contributed by atoms with van der Waals surface area (Å²) in [5.41, 5.74) is 0. The Kier molecular flexibility index (Phi) is 1.36. The standard InChI is InChI=1S/C7H8N2O/c1-2-8-7(9-3-1)4-6-5-10-6/h1-3,6H,4-5H2. The van der Waals surface area contributed by atoms with Gasteiger partial charge in [0.05, 0.1) is 12.7 Å². The molecule has 52 valence electrons. The summed E-state index contributed by atoms with van der Waals surface area (Å²) >= 11 is 0. The molecule has 0 spiro atoms. The molecule has 1 aromatic rings. The first-order valence-corrected chi connectivity index (χ1v) is 3.32. The molecule has 2 rings (SSSR count). The van der Waals surface area contributed by atoms with E-state index in [9.17, 15) is 0 Å². The fraction of sp³-hybridized carbons (Fsp3) is 0.429. The fourth-order valence-corrected chi connectivity index (χ4v) is 0.825. The summed E-state index contributed by atoms with van der Waals surface area (Å²) < 4.78 is 5.03. The van der Waals surface area contributed by atoms with Crippen molar-refractivity contribution in [3.63, 3.8) is 0 Å². The van der Waals surface area contributed by atoms with Gasteiger partial charge < -0.3 is 4.74 Å². The molecular weight excluding hydrogens is 128 g/mol. The van der Waals surface area contributed by atoms with Crippen LogP contribution in [0, 0.1) is 0 Å². The lowest BCUT2D eigenvalue weighted by atomic mass is 10.3. The summed E-state index contributed by atoms with van der Waals surface area (Å²) in [6.45, 7) is 0.873. The third-order valence-corrected chi connectivity index (χ3v) is 1.43. The lowest BCUT2D eigenvalue weighted by Crippen LogP contribution is -1.98. The molecule has 2 heterocycles. The van der Waals surface area contributed by atoms with Crippen molar-refractivity contribution in [2.24, 2.45) is 0 Å². The second-order valence-electron chi connectivity index (χ2n) is 2.32. The van der Waals surface area contributed by atoms with Gasteiger partial charge in [0, 0.05) is 18.8 Å². The SMILES string of the molecule is c1cnc(CC2CO2)nc1. The topological polar surface area (TPSA) is 38.3 Å². The minimum atomic E-state index is 0.391. The molecule has 0 saturated carbocycles. The number of rotatable bonds is 2. The second-order valence-corrected chi connectivity index (χ2v) is 2.32. The van der Waals surface area contributed by atoms with Gasteiger partial charge in [0.25, 0.3) is 0 Å². The van der Waals surface area contributed by atoms with Crippen LogP contribution < -0.4 is 0 Å². The van der Waals surface area contributed by atoms with E-state index >= 15 is 0 Å². The first kappa shape index (κ1) is 5.80. The molecule has 0 aromatic carbocycles. The van der Waals surface area contributed by atoms with E-state index in [4.69, 9.17) is 4.74 Å². The molecule has 1 aromatic heterocycles. The van der Waals surface area contributed by atoms with E-state index in [1.807, 2.05) is 6.07 Å². The first-order valence-electron chi connectivity index (χ1n) is 3.32. The van der Waals surface area contributed by atoms with Gasteiger partial charge in [0.2, 0.25) is 0 Å². The van der Waals surface area contributed by atoms with E-state index < -0.39 is 0 Å². The predicted octanol–water partition coefficient (Wildman–Crippen LogP) is 0.418. The monoisotopic (exact) mass is 136 g/mol. The Hall–Kier alpha value is -0.960. The largest absolute Gasteiger partial charge is 0.373 e. The van der Waals surface area contributed by atoms with Gasteiger partial charge in [0.1, 0.15) is 5.82 Å². The van der Waals surface area contributed by atoms with Crippen molar-refractivity contribution in [3.05, 3.63) is 24.3 Å². The van der Waals surface area contributed by atoms with E-state index in [2.05, 4.69) is 9.97 Å². The summed E-state index contributed by atoms with van der Waals surface area (Å²) in [6, 6.07) is 1.82. The highest BCUT2D eigenvalue weighted by Gasteiger charge is 2.23. The van der Waals surface area contributed by atoms with Crippen LogP contribution in [0.5, 0.6) is 0 Å². The Morgan fingerprint density at radius 1 is 1.50 bits per heavy atom. The zero-order chi connectivity index (χ0) is 6.81. The summed E-state index contributed by atoms with van der Waals surface area (Å²) in [4.78, 5) is 8.14. The van der Waals surface area contributed by atoms with Crippen LogP contribution in [0.1, 0.15) is 5.82 Å². The van der Waals surface area contributed by atoms with E-state index in [0.29, 0.717) is 6.10 Å². The van der Waals surface area contributed by atoms with Crippen molar-refractivity contribution in [1.82, 2.24) is 9.97 Å². The highest BCUT2D eigenvalue weighted by atomic mass is 16.6. The minimum Gasteiger partial charge on any atom is -0.373 e. The number of hydrogen-bond donors (Lipinski definition) is 0. The van der Waals surface area contributed by atoms with Gasteiger partial charge in [-0.3, -0.25) is 0 Å². The molecule has 0 N–H and O–H groups in total. The van der Waals surface area contributed by atoms with Gasteiger partial charge in [-0.2, -0.15) is 0 Å². The molecule has 1 saturated heterocycles. The predicted molar refractivity (Wildman–Crippen MR) is 35.5 cm³/mol. The van der Waals surface area contributed by atoms with Crippen molar-refractivity contribution >= 4 is 0 Å². The molecule has 0 bridgehead atoms. The Morgan fingerprint density at radius 2 is 2.20 bits per heavy atom. The first-order chi connectivity index (χ1) is 4.95. The number of aromatic nitrogens is 2. The van der Waals surface area contributed by atoms with Crippen molar-refractivity contribution in [2.75, 3.05) is 6.61 Å². The van der Waals surface area contributed by atoms with Crippen LogP contribution >= 0.6 is 0 Å². The van der Waals surface area contributed by atoms with Gasteiger partial charge in [-0.25, -0.2) is 9.97 Å². The fourth-order valence-electron chi connectivity index (χ4n) is 0.825. The Labute approximate surface area is 59.1 Å². The maximum absolute atomic E-state index is 5.03. The number of hydrogen-bond acceptors (Lipinski definition) is 3.